The molecule has 1 saturated heterocycles. The minimum absolute atomic E-state index is 0.0351. The average Bonchev–Trinajstić information content (AvgIpc) is 2.86. The Bertz CT molecular complexity index is 517. The number of carbonyl (C=O) groups excluding carboxylic acids is 2. The van der Waals surface area contributed by atoms with Gasteiger partial charge >= 0.3 is 0 Å². The molecule has 1 aromatic rings. The normalized spacial score (nSPS) is 16.5. The molecule has 4 heteroatoms. The van der Waals surface area contributed by atoms with Crippen LogP contribution >= 0.6 is 0 Å². The van der Waals surface area contributed by atoms with Crippen molar-refractivity contribution in [2.45, 2.75) is 20.3 Å². The number of hydrogen-bond donors (Lipinski definition) is 1. The zero-order chi connectivity index (χ0) is 13.8. The second-order valence-electron chi connectivity index (χ2n) is 4.59. The van der Waals surface area contributed by atoms with Crippen LogP contribution in [0.25, 0.3) is 0 Å². The number of nitrogens with zero attached hydrogens (tertiary/aromatic N) is 1. The number of nitrogens with one attached hydrogen (secondary N) is 1. The third-order valence-electron chi connectivity index (χ3n) is 3.14. The summed E-state index contributed by atoms with van der Waals surface area (Å²) in [6.45, 7) is 5.12. The lowest BCUT2D eigenvalue weighted by Gasteiger charge is -2.15. The molecule has 1 heterocycles. The van der Waals surface area contributed by atoms with Gasteiger partial charge < -0.3 is 5.32 Å². The van der Waals surface area contributed by atoms with E-state index in [2.05, 4.69) is 5.32 Å². The first-order valence-electron chi connectivity index (χ1n) is 6.48. The van der Waals surface area contributed by atoms with Crippen LogP contribution < -0.4 is 5.32 Å². The number of ketones is 1. The summed E-state index contributed by atoms with van der Waals surface area (Å²) < 4.78 is 0. The van der Waals surface area contributed by atoms with Gasteiger partial charge in [0.1, 0.15) is 5.82 Å². The Morgan fingerprint density at radius 3 is 2.63 bits per heavy atom. The zero-order valence-electron chi connectivity index (χ0n) is 11.3. The number of amides is 1. The SMILES string of the molecule is CCC(=O)N1CCN/C1=C\C(=O)c1ccc(C)cc1. The number of carbonyl (C=O) groups is 2. The zero-order valence-corrected chi connectivity index (χ0v) is 11.3. The van der Waals surface area contributed by atoms with E-state index >= 15 is 0 Å². The van der Waals surface area contributed by atoms with Gasteiger partial charge in [0.25, 0.3) is 0 Å². The van der Waals surface area contributed by atoms with Crippen molar-refractivity contribution in [1.82, 2.24) is 10.2 Å². The van der Waals surface area contributed by atoms with Crippen LogP contribution in [0.15, 0.2) is 36.2 Å². The fraction of sp³-hybridized carbons (Fsp3) is 0.333. The maximum absolute atomic E-state index is 12.1. The van der Waals surface area contributed by atoms with Gasteiger partial charge in [-0.05, 0) is 6.92 Å². The van der Waals surface area contributed by atoms with E-state index in [1.54, 1.807) is 17.0 Å². The molecule has 0 spiro atoms. The molecule has 2 rings (SSSR count). The van der Waals surface area contributed by atoms with E-state index in [1.807, 2.05) is 26.0 Å². The van der Waals surface area contributed by atoms with Crippen LogP contribution in [-0.2, 0) is 4.79 Å². The van der Waals surface area contributed by atoms with Crippen LogP contribution in [0, 0.1) is 6.92 Å². The van der Waals surface area contributed by atoms with E-state index in [9.17, 15) is 9.59 Å². The molecule has 0 aromatic heterocycles. The highest BCUT2D eigenvalue weighted by atomic mass is 16.2. The third kappa shape index (κ3) is 3.02. The Balaban J connectivity index is 2.18. The van der Waals surface area contributed by atoms with E-state index < -0.39 is 0 Å². The molecule has 1 aliphatic rings. The van der Waals surface area contributed by atoms with Crippen molar-refractivity contribution >= 4 is 11.7 Å². The van der Waals surface area contributed by atoms with Gasteiger partial charge in [0.15, 0.2) is 5.78 Å². The lowest BCUT2D eigenvalue weighted by Crippen LogP contribution is -2.27. The topological polar surface area (TPSA) is 49.4 Å². The van der Waals surface area contributed by atoms with Gasteiger partial charge in [0, 0.05) is 31.1 Å². The summed E-state index contributed by atoms with van der Waals surface area (Å²) in [4.78, 5) is 25.5. The molecular weight excluding hydrogens is 240 g/mol. The Kier molecular flexibility index (Phi) is 4.00. The highest BCUT2D eigenvalue weighted by Gasteiger charge is 2.22. The quantitative estimate of drug-likeness (QED) is 0.665. The van der Waals surface area contributed by atoms with Crippen molar-refractivity contribution in [2.75, 3.05) is 13.1 Å². The fourth-order valence-electron chi connectivity index (χ4n) is 2.02. The Hall–Kier alpha value is -2.10. The largest absolute Gasteiger partial charge is 0.369 e. The number of rotatable bonds is 3. The Labute approximate surface area is 113 Å². The van der Waals surface area contributed by atoms with E-state index in [0.29, 0.717) is 30.9 Å². The smallest absolute Gasteiger partial charge is 0.227 e. The van der Waals surface area contributed by atoms with Gasteiger partial charge in [0.05, 0.1) is 0 Å². The lowest BCUT2D eigenvalue weighted by molar-refractivity contribution is -0.128. The molecule has 4 nitrogen and oxygen atoms in total. The lowest BCUT2D eigenvalue weighted by atomic mass is 10.1. The predicted molar refractivity (Wildman–Crippen MR) is 73.6 cm³/mol. The van der Waals surface area contributed by atoms with Gasteiger partial charge in [-0.3, -0.25) is 14.5 Å². The molecule has 1 aromatic carbocycles. The monoisotopic (exact) mass is 258 g/mol. The summed E-state index contributed by atoms with van der Waals surface area (Å²) in [7, 11) is 0. The summed E-state index contributed by atoms with van der Waals surface area (Å²) in [5.41, 5.74) is 1.75. The fourth-order valence-corrected chi connectivity index (χ4v) is 2.02. The molecule has 0 atom stereocenters. The molecule has 19 heavy (non-hydrogen) atoms. The van der Waals surface area contributed by atoms with E-state index in [0.717, 1.165) is 5.56 Å². The van der Waals surface area contributed by atoms with Gasteiger partial charge in [-0.25, -0.2) is 0 Å². The van der Waals surface area contributed by atoms with Crippen molar-refractivity contribution in [2.24, 2.45) is 0 Å². The minimum atomic E-state index is -0.0849. The average molecular weight is 258 g/mol. The second kappa shape index (κ2) is 5.69. The first-order valence-corrected chi connectivity index (χ1v) is 6.48. The highest BCUT2D eigenvalue weighted by Crippen LogP contribution is 2.12. The number of hydrogen-bond acceptors (Lipinski definition) is 3. The van der Waals surface area contributed by atoms with Crippen LogP contribution in [0.1, 0.15) is 29.3 Å². The van der Waals surface area contributed by atoms with Crippen LogP contribution in [0.2, 0.25) is 0 Å². The number of aryl methyl sites for hydroxylation is 1. The van der Waals surface area contributed by atoms with Gasteiger partial charge in [-0.1, -0.05) is 36.8 Å². The molecule has 0 bridgehead atoms. The third-order valence-corrected chi connectivity index (χ3v) is 3.14. The maximum atomic E-state index is 12.1. The van der Waals surface area contributed by atoms with Gasteiger partial charge in [-0.2, -0.15) is 0 Å². The maximum Gasteiger partial charge on any atom is 0.227 e. The molecule has 0 aliphatic carbocycles. The number of benzene rings is 1. The molecule has 0 unspecified atom stereocenters. The summed E-state index contributed by atoms with van der Waals surface area (Å²) in [5.74, 6) is 0.559. The van der Waals surface area contributed by atoms with E-state index in [-0.39, 0.29) is 11.7 Å². The molecule has 1 fully saturated rings. The first kappa shape index (κ1) is 13.3. The second-order valence-corrected chi connectivity index (χ2v) is 4.59. The highest BCUT2D eigenvalue weighted by molar-refractivity contribution is 6.05. The van der Waals surface area contributed by atoms with Crippen molar-refractivity contribution in [1.29, 1.82) is 0 Å². The molecule has 1 amide bonds. The minimum Gasteiger partial charge on any atom is -0.369 e. The molecular formula is C15H18N2O2. The van der Waals surface area contributed by atoms with E-state index in [4.69, 9.17) is 0 Å². The summed E-state index contributed by atoms with van der Waals surface area (Å²) in [5, 5.41) is 3.08. The standard InChI is InChI=1S/C15H18N2O2/c1-3-15(19)17-9-8-16-14(17)10-13(18)12-6-4-11(2)5-7-12/h4-7,10,16H,3,8-9H2,1-2H3/b14-10+. The molecule has 0 radical (unpaired) electrons. The van der Waals surface area contributed by atoms with Crippen molar-refractivity contribution < 1.29 is 9.59 Å². The van der Waals surface area contributed by atoms with Crippen molar-refractivity contribution in [3.63, 3.8) is 0 Å². The van der Waals surface area contributed by atoms with Crippen LogP contribution in [0.3, 0.4) is 0 Å². The van der Waals surface area contributed by atoms with Crippen molar-refractivity contribution in [3.05, 3.63) is 47.3 Å². The predicted octanol–water partition coefficient (Wildman–Crippen LogP) is 1.86. The Morgan fingerprint density at radius 2 is 2.00 bits per heavy atom. The molecule has 1 N–H and O–H groups in total. The van der Waals surface area contributed by atoms with Crippen LogP contribution in [-0.4, -0.2) is 29.7 Å². The van der Waals surface area contributed by atoms with Crippen LogP contribution in [0.4, 0.5) is 0 Å². The van der Waals surface area contributed by atoms with E-state index in [1.165, 1.54) is 6.08 Å². The van der Waals surface area contributed by atoms with Crippen molar-refractivity contribution in [3.8, 4) is 0 Å². The Morgan fingerprint density at radius 1 is 1.32 bits per heavy atom. The molecule has 0 saturated carbocycles. The summed E-state index contributed by atoms with van der Waals surface area (Å²) in [6, 6.07) is 7.41. The van der Waals surface area contributed by atoms with Gasteiger partial charge in [-0.15, -0.1) is 0 Å². The molecule has 100 valence electrons. The number of allylic oxidation sites excluding steroid dienone is 1. The first-order chi connectivity index (χ1) is 9.11. The molecule has 1 aliphatic heterocycles. The van der Waals surface area contributed by atoms with Gasteiger partial charge in [0.2, 0.25) is 5.91 Å². The summed E-state index contributed by atoms with van der Waals surface area (Å²) in [6.07, 6.45) is 1.95. The summed E-state index contributed by atoms with van der Waals surface area (Å²) >= 11 is 0. The van der Waals surface area contributed by atoms with Crippen LogP contribution in [0.5, 0.6) is 0 Å².